The van der Waals surface area contributed by atoms with Crippen molar-refractivity contribution in [3.05, 3.63) is 47.7 Å². The molecule has 3 saturated heterocycles. The minimum absolute atomic E-state index is 0.0106. The summed E-state index contributed by atoms with van der Waals surface area (Å²) in [5.41, 5.74) is -2.73. The summed E-state index contributed by atoms with van der Waals surface area (Å²) in [6.07, 6.45) is -0.754. The molecular weight excluding hydrogens is 736 g/mol. The highest BCUT2D eigenvalue weighted by Gasteiger charge is 2.49. The van der Waals surface area contributed by atoms with Crippen molar-refractivity contribution >= 4 is 39.7 Å². The molecule has 6 bridgehead atoms. The number of alkyl carbamates (subject to hydrolysis) is 1. The molecule has 4 atom stereocenters. The largest absolute Gasteiger partial charge is 0.514 e. The maximum atomic E-state index is 17.4. The lowest BCUT2D eigenvalue weighted by Gasteiger charge is -2.42. The number of halogens is 4. The maximum absolute atomic E-state index is 17.4. The molecule has 56 heavy (non-hydrogen) atoms. The SMILES string of the molecule is CC(C)(C)OC(=O)Oc1cc2c3c(c(F)ccc3c1)CCCOC(=O)N[C@]1(C)C[C@@H](F)CN(C1)c1nc(OC[C@@]34CCCN3C[C@H](F)C4)nc3c(F)c-2ncc13. The van der Waals surface area contributed by atoms with Crippen LogP contribution in [0.1, 0.15) is 65.4 Å². The number of nitrogens with zero attached hydrogens (tertiary/aromatic N) is 5. The van der Waals surface area contributed by atoms with Crippen molar-refractivity contribution in [2.75, 3.05) is 44.3 Å². The van der Waals surface area contributed by atoms with Gasteiger partial charge in [-0.2, -0.15) is 9.97 Å². The average Bonchev–Trinajstić information content (AvgIpc) is 3.63. The number of nitrogens with one attached hydrogen (secondary N) is 1. The van der Waals surface area contributed by atoms with Gasteiger partial charge in [-0.3, -0.25) is 9.88 Å². The van der Waals surface area contributed by atoms with E-state index in [9.17, 15) is 14.0 Å². The Labute approximate surface area is 320 Å². The van der Waals surface area contributed by atoms with Crippen molar-refractivity contribution in [3.63, 3.8) is 0 Å². The Bertz CT molecular complexity index is 2220. The van der Waals surface area contributed by atoms with E-state index in [0.717, 1.165) is 13.0 Å². The number of benzene rings is 2. The molecule has 0 unspecified atom stereocenters. The van der Waals surface area contributed by atoms with Crippen LogP contribution in [0.15, 0.2) is 30.5 Å². The fourth-order valence-electron chi connectivity index (χ4n) is 8.80. The molecule has 7 heterocycles. The first-order valence-electron chi connectivity index (χ1n) is 19.0. The monoisotopic (exact) mass is 780 g/mol. The van der Waals surface area contributed by atoms with Crippen LogP contribution in [0.3, 0.4) is 0 Å². The number of amides is 1. The molecule has 298 valence electrons. The second kappa shape index (κ2) is 14.2. The minimum atomic E-state index is -1.42. The molecule has 1 N–H and O–H groups in total. The number of hydrogen-bond acceptors (Lipinski definition) is 11. The molecule has 0 aliphatic carbocycles. The number of fused-ring (bicyclic) bond motifs is 7. The van der Waals surface area contributed by atoms with Gasteiger partial charge in [0.2, 0.25) is 0 Å². The summed E-state index contributed by atoms with van der Waals surface area (Å²) in [6.45, 7) is 7.63. The number of hydrogen-bond donors (Lipinski definition) is 1. The van der Waals surface area contributed by atoms with E-state index in [1.165, 1.54) is 30.5 Å². The van der Waals surface area contributed by atoms with Crippen LogP contribution >= 0.6 is 0 Å². The molecule has 5 aliphatic heterocycles. The van der Waals surface area contributed by atoms with Gasteiger partial charge >= 0.3 is 18.3 Å². The third kappa shape index (κ3) is 7.35. The molecule has 12 nitrogen and oxygen atoms in total. The van der Waals surface area contributed by atoms with E-state index in [-0.39, 0.29) is 97.3 Å². The van der Waals surface area contributed by atoms with Crippen molar-refractivity contribution in [1.29, 1.82) is 0 Å². The first kappa shape index (κ1) is 37.9. The summed E-state index contributed by atoms with van der Waals surface area (Å²) < 4.78 is 86.1. The third-order valence-electron chi connectivity index (χ3n) is 11.0. The number of alkyl halides is 2. The zero-order valence-electron chi connectivity index (χ0n) is 31.7. The van der Waals surface area contributed by atoms with E-state index in [0.29, 0.717) is 23.7 Å². The zero-order valence-corrected chi connectivity index (χ0v) is 31.7. The van der Waals surface area contributed by atoms with Crippen LogP contribution in [0.4, 0.5) is 33.0 Å². The first-order valence-corrected chi connectivity index (χ1v) is 19.0. The standard InChI is InChI=1S/C40H44F4N6O6/c1-38(2,3)56-37(52)55-25-13-22-8-9-29(43)26-7-5-12-53-36(51)48-39(4)15-23(41)18-49(20-39)34-28-17-45-32(27(14-25)30(22)26)31(44)33(28)46-35(47-34)54-21-40-10-6-11-50(40)19-24(42)16-40/h8-9,13-14,17,23-24H,5-7,10-12,15-16,18-21H2,1-4H3,(H,48,51)/t23-,24-,39-,40+/m1/s1. The van der Waals surface area contributed by atoms with Crippen molar-refractivity contribution in [1.82, 2.24) is 25.2 Å². The quantitative estimate of drug-likeness (QED) is 0.127. The van der Waals surface area contributed by atoms with E-state index < -0.39 is 52.9 Å². The van der Waals surface area contributed by atoms with Crippen molar-refractivity contribution in [2.24, 2.45) is 0 Å². The lowest BCUT2D eigenvalue weighted by atomic mass is 9.90. The van der Waals surface area contributed by atoms with Crippen LogP contribution in [0.5, 0.6) is 11.8 Å². The van der Waals surface area contributed by atoms with Crippen molar-refractivity contribution < 1.29 is 46.1 Å². The number of aromatic nitrogens is 3. The topological polar surface area (TPSA) is 128 Å². The van der Waals surface area contributed by atoms with E-state index in [2.05, 4.69) is 25.2 Å². The van der Waals surface area contributed by atoms with Crippen LogP contribution in [-0.4, -0.2) is 101 Å². The molecule has 2 aromatic heterocycles. The lowest BCUT2D eigenvalue weighted by molar-refractivity contribution is 0.0206. The second-order valence-corrected chi connectivity index (χ2v) is 16.6. The number of aryl methyl sites for hydroxylation is 1. The number of carbonyl (C=O) groups is 2. The summed E-state index contributed by atoms with van der Waals surface area (Å²) >= 11 is 0. The molecule has 0 spiro atoms. The van der Waals surface area contributed by atoms with Gasteiger partial charge in [-0.05, 0) is 94.5 Å². The smallest absolute Gasteiger partial charge is 0.461 e. The number of anilines is 1. The van der Waals surface area contributed by atoms with Gasteiger partial charge in [-0.25, -0.2) is 27.2 Å². The van der Waals surface area contributed by atoms with E-state index in [1.54, 1.807) is 32.6 Å². The van der Waals surface area contributed by atoms with Crippen LogP contribution in [-0.2, 0) is 15.9 Å². The third-order valence-corrected chi connectivity index (χ3v) is 11.0. The summed E-state index contributed by atoms with van der Waals surface area (Å²) in [7, 11) is 0. The fraction of sp³-hybridized carbons (Fsp3) is 0.525. The maximum Gasteiger partial charge on any atom is 0.514 e. The molecule has 0 saturated carbocycles. The van der Waals surface area contributed by atoms with Crippen LogP contribution in [0.25, 0.3) is 32.9 Å². The van der Waals surface area contributed by atoms with Crippen LogP contribution in [0, 0.1) is 11.6 Å². The number of pyridine rings is 1. The highest BCUT2D eigenvalue weighted by molar-refractivity contribution is 6.02. The van der Waals surface area contributed by atoms with E-state index in [4.69, 9.17) is 18.9 Å². The molecule has 16 heteroatoms. The van der Waals surface area contributed by atoms with Gasteiger partial charge in [0.25, 0.3) is 0 Å². The average molecular weight is 781 g/mol. The number of ether oxygens (including phenoxy) is 4. The Morgan fingerprint density at radius 3 is 2.70 bits per heavy atom. The Hall–Kier alpha value is -4.99. The van der Waals surface area contributed by atoms with Gasteiger partial charge in [0.1, 0.15) is 53.1 Å². The number of rotatable bonds is 4. The summed E-state index contributed by atoms with van der Waals surface area (Å²) in [5, 5.41) is 3.63. The molecule has 5 aliphatic rings. The molecule has 2 aromatic carbocycles. The molecule has 9 rings (SSSR count). The predicted molar refractivity (Wildman–Crippen MR) is 199 cm³/mol. The second-order valence-electron chi connectivity index (χ2n) is 16.6. The van der Waals surface area contributed by atoms with Crippen LogP contribution in [0.2, 0.25) is 0 Å². The molecular formula is C40H44F4N6O6. The molecule has 4 aromatic rings. The Kier molecular flexibility index (Phi) is 9.61. The molecule has 0 radical (unpaired) electrons. The van der Waals surface area contributed by atoms with Gasteiger partial charge in [-0.1, -0.05) is 6.07 Å². The minimum Gasteiger partial charge on any atom is -0.461 e. The molecule has 3 fully saturated rings. The molecule has 1 amide bonds. The Morgan fingerprint density at radius 1 is 1.09 bits per heavy atom. The first-order chi connectivity index (χ1) is 26.6. The highest BCUT2D eigenvalue weighted by Crippen LogP contribution is 2.43. The zero-order chi connectivity index (χ0) is 39.6. The predicted octanol–water partition coefficient (Wildman–Crippen LogP) is 7.37. The van der Waals surface area contributed by atoms with E-state index >= 15 is 13.2 Å². The fourth-order valence-corrected chi connectivity index (χ4v) is 8.80. The van der Waals surface area contributed by atoms with Gasteiger partial charge in [0.15, 0.2) is 5.82 Å². The summed E-state index contributed by atoms with van der Waals surface area (Å²) in [6, 6.07) is 5.43. The number of piperidine rings is 1. The Balaban J connectivity index is 1.32. The van der Waals surface area contributed by atoms with Gasteiger partial charge in [0, 0.05) is 37.7 Å². The van der Waals surface area contributed by atoms with E-state index in [1.807, 2.05) is 0 Å². The van der Waals surface area contributed by atoms with Gasteiger partial charge in [0.05, 0.1) is 29.6 Å². The normalized spacial score (nSPS) is 25.6. The Morgan fingerprint density at radius 2 is 1.89 bits per heavy atom. The van der Waals surface area contributed by atoms with Gasteiger partial charge < -0.3 is 29.2 Å². The van der Waals surface area contributed by atoms with Gasteiger partial charge in [-0.15, -0.1) is 0 Å². The summed E-state index contributed by atoms with van der Waals surface area (Å²) in [5.74, 6) is -1.40. The number of carbonyl (C=O) groups excluding carboxylic acids is 2. The van der Waals surface area contributed by atoms with Crippen molar-refractivity contribution in [3.8, 4) is 23.0 Å². The lowest BCUT2D eigenvalue weighted by Crippen LogP contribution is -2.60. The summed E-state index contributed by atoms with van der Waals surface area (Å²) in [4.78, 5) is 43.3. The van der Waals surface area contributed by atoms with Crippen molar-refractivity contribution in [2.45, 2.75) is 95.2 Å². The van der Waals surface area contributed by atoms with Crippen LogP contribution < -0.4 is 19.7 Å². The highest BCUT2D eigenvalue weighted by atomic mass is 19.1.